The molecule has 2 heterocycles. The van der Waals surface area contributed by atoms with E-state index >= 15 is 0 Å². The summed E-state index contributed by atoms with van der Waals surface area (Å²) < 4.78 is 12.2. The zero-order chi connectivity index (χ0) is 22.8. The van der Waals surface area contributed by atoms with Gasteiger partial charge in [-0.2, -0.15) is 10.4 Å². The molecular formula is C23H17ClN4O4. The Morgan fingerprint density at radius 2 is 1.91 bits per heavy atom. The van der Waals surface area contributed by atoms with Crippen LogP contribution >= 0.6 is 11.6 Å². The molecule has 0 aliphatic heterocycles. The van der Waals surface area contributed by atoms with Crippen molar-refractivity contribution < 1.29 is 18.7 Å². The number of aryl methyl sites for hydroxylation is 1. The third-order valence-corrected chi connectivity index (χ3v) is 5.39. The fourth-order valence-electron chi connectivity index (χ4n) is 3.25. The molecule has 2 aromatic carbocycles. The van der Waals surface area contributed by atoms with E-state index in [9.17, 15) is 14.9 Å². The number of aromatic nitrogens is 2. The van der Waals surface area contributed by atoms with Crippen molar-refractivity contribution in [1.82, 2.24) is 9.78 Å². The normalized spacial score (nSPS) is 10.7. The summed E-state index contributed by atoms with van der Waals surface area (Å²) >= 11 is 6.18. The van der Waals surface area contributed by atoms with E-state index in [1.54, 1.807) is 53.2 Å². The monoisotopic (exact) mass is 448 g/mol. The Morgan fingerprint density at radius 3 is 2.56 bits per heavy atom. The fraction of sp³-hybridized carbons (Fsp3) is 0.130. The number of fused-ring (bicyclic) bond motifs is 1. The molecule has 160 valence electrons. The van der Waals surface area contributed by atoms with Crippen LogP contribution in [0.4, 0.5) is 5.69 Å². The van der Waals surface area contributed by atoms with Crippen LogP contribution < -0.4 is 5.32 Å². The lowest BCUT2D eigenvalue weighted by Gasteiger charge is -2.08. The maximum atomic E-state index is 12.3. The van der Waals surface area contributed by atoms with Crippen LogP contribution in [0.1, 0.15) is 27.5 Å². The van der Waals surface area contributed by atoms with Crippen LogP contribution in [0.3, 0.4) is 0 Å². The number of carbonyl (C=O) groups is 2. The smallest absolute Gasteiger partial charge is 0.338 e. The number of halogens is 1. The van der Waals surface area contributed by atoms with Crippen LogP contribution in [0, 0.1) is 25.2 Å². The van der Waals surface area contributed by atoms with Gasteiger partial charge in [0.1, 0.15) is 17.3 Å². The number of benzene rings is 2. The number of anilines is 1. The average Bonchev–Trinajstić information content (AvgIpc) is 3.29. The zero-order valence-corrected chi connectivity index (χ0v) is 17.9. The van der Waals surface area contributed by atoms with E-state index in [-0.39, 0.29) is 17.0 Å². The highest BCUT2D eigenvalue weighted by molar-refractivity contribution is 6.31. The number of nitriles is 1. The molecule has 0 atom stereocenters. The van der Waals surface area contributed by atoms with Gasteiger partial charge >= 0.3 is 5.97 Å². The lowest BCUT2D eigenvalue weighted by Crippen LogP contribution is -2.21. The Bertz CT molecular complexity index is 1380. The zero-order valence-electron chi connectivity index (χ0n) is 17.2. The molecule has 9 heteroatoms. The van der Waals surface area contributed by atoms with Crippen molar-refractivity contribution in [3.05, 3.63) is 76.3 Å². The number of furan rings is 1. The number of nitrogens with one attached hydrogen (secondary N) is 1. The summed E-state index contributed by atoms with van der Waals surface area (Å²) in [5.41, 5.74) is 3.24. The van der Waals surface area contributed by atoms with E-state index in [0.717, 1.165) is 11.4 Å². The van der Waals surface area contributed by atoms with Crippen LogP contribution in [0.25, 0.3) is 16.7 Å². The first kappa shape index (κ1) is 21.2. The largest absolute Gasteiger partial charge is 0.452 e. The van der Waals surface area contributed by atoms with Gasteiger partial charge in [0.05, 0.1) is 27.7 Å². The molecule has 0 fully saturated rings. The van der Waals surface area contributed by atoms with Gasteiger partial charge in [0.25, 0.3) is 5.91 Å². The molecule has 4 aromatic rings. The van der Waals surface area contributed by atoms with E-state index < -0.39 is 18.5 Å². The second-order valence-corrected chi connectivity index (χ2v) is 7.36. The predicted molar refractivity (Wildman–Crippen MR) is 118 cm³/mol. The van der Waals surface area contributed by atoms with Gasteiger partial charge in [-0.1, -0.05) is 23.7 Å². The highest BCUT2D eigenvalue weighted by atomic mass is 35.5. The molecule has 0 spiro atoms. The number of hydrogen-bond acceptors (Lipinski definition) is 6. The van der Waals surface area contributed by atoms with Crippen molar-refractivity contribution >= 4 is 40.1 Å². The molecule has 4 rings (SSSR count). The number of amides is 1. The first-order valence-corrected chi connectivity index (χ1v) is 9.97. The van der Waals surface area contributed by atoms with Crippen molar-refractivity contribution in [2.75, 3.05) is 11.9 Å². The molecule has 1 N–H and O–H groups in total. The van der Waals surface area contributed by atoms with Crippen LogP contribution in [-0.2, 0) is 9.53 Å². The van der Waals surface area contributed by atoms with Gasteiger partial charge in [-0.05, 0) is 50.2 Å². The molecular weight excluding hydrogens is 432 g/mol. The van der Waals surface area contributed by atoms with Gasteiger partial charge in [0.15, 0.2) is 6.61 Å². The summed E-state index contributed by atoms with van der Waals surface area (Å²) in [5, 5.41) is 17.4. The Balaban J connectivity index is 1.41. The number of nitrogens with zero attached hydrogens (tertiary/aromatic N) is 3. The fourth-order valence-corrected chi connectivity index (χ4v) is 3.37. The maximum Gasteiger partial charge on any atom is 0.338 e. The van der Waals surface area contributed by atoms with E-state index in [2.05, 4.69) is 10.4 Å². The summed E-state index contributed by atoms with van der Waals surface area (Å²) in [6.07, 6.45) is 0. The van der Waals surface area contributed by atoms with Crippen molar-refractivity contribution in [3.8, 4) is 11.8 Å². The molecule has 0 saturated heterocycles. The van der Waals surface area contributed by atoms with Crippen LogP contribution in [-0.4, -0.2) is 28.3 Å². The second kappa shape index (κ2) is 8.57. The van der Waals surface area contributed by atoms with Gasteiger partial charge in [-0.25, -0.2) is 9.48 Å². The molecule has 0 radical (unpaired) electrons. The Kier molecular flexibility index (Phi) is 5.67. The SMILES string of the molecule is Cc1nn(-c2ccc(C(=O)OCC(=O)Nc3c(C#N)oc4ccccc34)cc2)c(C)c1Cl. The molecule has 0 saturated carbocycles. The lowest BCUT2D eigenvalue weighted by molar-refractivity contribution is -0.119. The average molecular weight is 449 g/mol. The third kappa shape index (κ3) is 3.94. The number of hydrogen-bond donors (Lipinski definition) is 1. The van der Waals surface area contributed by atoms with Gasteiger partial charge in [-0.3, -0.25) is 4.79 Å². The van der Waals surface area contributed by atoms with E-state index in [4.69, 9.17) is 20.8 Å². The second-order valence-electron chi connectivity index (χ2n) is 6.98. The summed E-state index contributed by atoms with van der Waals surface area (Å²) in [4.78, 5) is 24.6. The first-order chi connectivity index (χ1) is 15.4. The molecule has 8 nitrogen and oxygen atoms in total. The van der Waals surface area contributed by atoms with Crippen molar-refractivity contribution in [1.29, 1.82) is 5.26 Å². The van der Waals surface area contributed by atoms with Crippen molar-refractivity contribution in [2.45, 2.75) is 13.8 Å². The molecule has 1 amide bonds. The minimum absolute atomic E-state index is 0.0225. The molecule has 32 heavy (non-hydrogen) atoms. The van der Waals surface area contributed by atoms with Crippen molar-refractivity contribution in [2.24, 2.45) is 0 Å². The summed E-state index contributed by atoms with van der Waals surface area (Å²) in [6, 6.07) is 15.4. The molecule has 0 aliphatic carbocycles. The van der Waals surface area contributed by atoms with E-state index in [1.165, 1.54) is 0 Å². The maximum absolute atomic E-state index is 12.3. The van der Waals surface area contributed by atoms with Crippen LogP contribution in [0.15, 0.2) is 52.9 Å². The van der Waals surface area contributed by atoms with Crippen molar-refractivity contribution in [3.63, 3.8) is 0 Å². The number of esters is 1. The van der Waals surface area contributed by atoms with Crippen LogP contribution in [0.5, 0.6) is 0 Å². The van der Waals surface area contributed by atoms with Gasteiger partial charge < -0.3 is 14.5 Å². The summed E-state index contributed by atoms with van der Waals surface area (Å²) in [6.45, 7) is 3.15. The Labute approximate surface area is 188 Å². The molecule has 0 bridgehead atoms. The number of para-hydroxylation sites is 1. The van der Waals surface area contributed by atoms with Gasteiger partial charge in [0, 0.05) is 5.39 Å². The summed E-state index contributed by atoms with van der Waals surface area (Å²) in [7, 11) is 0. The van der Waals surface area contributed by atoms with E-state index in [1.807, 2.05) is 19.9 Å². The standard InChI is InChI=1S/C23H17ClN4O4/c1-13-21(24)14(2)28(27-13)16-9-7-15(8-10-16)23(30)31-12-20(29)26-22-17-5-3-4-6-18(17)32-19(22)11-25/h3-10H,12H2,1-2H3,(H,26,29). The minimum atomic E-state index is -0.657. The van der Waals surface area contributed by atoms with Gasteiger partial charge in [0.2, 0.25) is 5.76 Å². The molecule has 2 aromatic heterocycles. The van der Waals surface area contributed by atoms with Crippen LogP contribution in [0.2, 0.25) is 5.02 Å². The number of rotatable bonds is 5. The highest BCUT2D eigenvalue weighted by Gasteiger charge is 2.18. The number of carbonyl (C=O) groups excluding carboxylic acids is 2. The third-order valence-electron chi connectivity index (χ3n) is 4.85. The number of ether oxygens (including phenoxy) is 1. The minimum Gasteiger partial charge on any atom is -0.452 e. The predicted octanol–water partition coefficient (Wildman–Crippen LogP) is 4.56. The summed E-state index contributed by atoms with van der Waals surface area (Å²) in [5.74, 6) is -1.27. The Morgan fingerprint density at radius 1 is 1.19 bits per heavy atom. The lowest BCUT2D eigenvalue weighted by atomic mass is 10.2. The molecule has 0 unspecified atom stereocenters. The molecule has 0 aliphatic rings. The van der Waals surface area contributed by atoms with E-state index in [0.29, 0.717) is 21.7 Å². The quantitative estimate of drug-likeness (QED) is 0.448. The first-order valence-electron chi connectivity index (χ1n) is 9.59. The Hall–Kier alpha value is -4.09. The highest BCUT2D eigenvalue weighted by Crippen LogP contribution is 2.30. The topological polar surface area (TPSA) is 110 Å². The van der Waals surface area contributed by atoms with Gasteiger partial charge in [-0.15, -0.1) is 0 Å².